The molecule has 5 heteroatoms. The zero-order valence-corrected chi connectivity index (χ0v) is 15.1. The summed E-state index contributed by atoms with van der Waals surface area (Å²) >= 11 is 21.9. The summed E-state index contributed by atoms with van der Waals surface area (Å²) in [6.07, 6.45) is 7.52. The van der Waals surface area contributed by atoms with Gasteiger partial charge in [0.1, 0.15) is 0 Å². The van der Waals surface area contributed by atoms with Gasteiger partial charge in [0.05, 0.1) is 16.7 Å². The quantitative estimate of drug-likeness (QED) is 0.401. The molecule has 0 N–H and O–H groups in total. The second-order valence-electron chi connectivity index (χ2n) is 5.54. The lowest BCUT2D eigenvalue weighted by molar-refractivity contribution is 0.149. The summed E-state index contributed by atoms with van der Waals surface area (Å²) in [6.45, 7) is 0.638. The molecular weight excluding hydrogens is 382 g/mol. The molecule has 1 aliphatic rings. The molecule has 0 aromatic heterocycles. The highest BCUT2D eigenvalue weighted by Crippen LogP contribution is 2.40. The minimum absolute atomic E-state index is 0.183. The van der Waals surface area contributed by atoms with Gasteiger partial charge in [0.2, 0.25) is 0 Å². The van der Waals surface area contributed by atoms with Crippen molar-refractivity contribution in [1.82, 2.24) is 0 Å². The van der Waals surface area contributed by atoms with Crippen molar-refractivity contribution in [3.63, 3.8) is 0 Å². The largest absolute Gasteiger partial charge is 0.490 e. The van der Waals surface area contributed by atoms with Crippen molar-refractivity contribution in [2.24, 2.45) is 5.41 Å². The lowest BCUT2D eigenvalue weighted by Gasteiger charge is -2.31. The molecule has 0 saturated heterocycles. The fraction of sp³-hybridized carbons (Fsp3) is 0.600. The number of benzene rings is 1. The standard InChI is InChI=1S/C15H18BrCl3O/c16-9-15(5-3-1-2-4-6-15)10-20-14-12(18)7-11(17)8-13(14)19/h7-8H,1-6,9-10H2. The van der Waals surface area contributed by atoms with Gasteiger partial charge in [-0.2, -0.15) is 0 Å². The van der Waals surface area contributed by atoms with Crippen LogP contribution in [-0.4, -0.2) is 11.9 Å². The summed E-state index contributed by atoms with van der Waals surface area (Å²) in [6, 6.07) is 3.33. The van der Waals surface area contributed by atoms with Crippen LogP contribution in [0.4, 0.5) is 0 Å². The SMILES string of the molecule is Clc1cc(Cl)c(OCC2(CBr)CCCCCC2)c(Cl)c1. The van der Waals surface area contributed by atoms with Crippen molar-refractivity contribution in [3.05, 3.63) is 27.2 Å². The molecule has 1 aromatic carbocycles. The van der Waals surface area contributed by atoms with Gasteiger partial charge in [0.15, 0.2) is 5.75 Å². The fourth-order valence-electron chi connectivity index (χ4n) is 2.69. The van der Waals surface area contributed by atoms with Crippen LogP contribution >= 0.6 is 50.7 Å². The van der Waals surface area contributed by atoms with E-state index in [4.69, 9.17) is 39.5 Å². The number of hydrogen-bond acceptors (Lipinski definition) is 1. The Labute approximate surface area is 144 Å². The van der Waals surface area contributed by atoms with Crippen molar-refractivity contribution in [3.8, 4) is 5.75 Å². The van der Waals surface area contributed by atoms with Crippen molar-refractivity contribution < 1.29 is 4.74 Å². The zero-order chi connectivity index (χ0) is 14.6. The lowest BCUT2D eigenvalue weighted by Crippen LogP contribution is -2.30. The summed E-state index contributed by atoms with van der Waals surface area (Å²) in [5.41, 5.74) is 0.183. The second kappa shape index (κ2) is 7.58. The van der Waals surface area contributed by atoms with Crippen molar-refractivity contribution >= 4 is 50.7 Å². The maximum absolute atomic E-state index is 6.17. The number of ether oxygens (including phenoxy) is 1. The van der Waals surface area contributed by atoms with E-state index in [-0.39, 0.29) is 5.41 Å². The van der Waals surface area contributed by atoms with Gasteiger partial charge in [-0.25, -0.2) is 0 Å². The molecular formula is C15H18BrCl3O. The van der Waals surface area contributed by atoms with Gasteiger partial charge in [-0.15, -0.1) is 0 Å². The van der Waals surface area contributed by atoms with E-state index in [1.165, 1.54) is 38.5 Å². The van der Waals surface area contributed by atoms with Gasteiger partial charge in [-0.05, 0) is 25.0 Å². The van der Waals surface area contributed by atoms with Crippen LogP contribution in [0.25, 0.3) is 0 Å². The maximum Gasteiger partial charge on any atom is 0.156 e. The van der Waals surface area contributed by atoms with E-state index in [0.29, 0.717) is 27.4 Å². The summed E-state index contributed by atoms with van der Waals surface area (Å²) in [4.78, 5) is 0. The molecule has 1 nitrogen and oxygen atoms in total. The Bertz CT molecular complexity index is 433. The first-order valence-electron chi connectivity index (χ1n) is 6.90. The molecule has 0 unspecified atom stereocenters. The Morgan fingerprint density at radius 3 is 2.05 bits per heavy atom. The fourth-order valence-corrected chi connectivity index (χ4v) is 4.34. The van der Waals surface area contributed by atoms with Crippen molar-refractivity contribution in [2.75, 3.05) is 11.9 Å². The number of rotatable bonds is 4. The first kappa shape index (κ1) is 16.7. The topological polar surface area (TPSA) is 9.23 Å². The van der Waals surface area contributed by atoms with Crippen LogP contribution in [0.1, 0.15) is 38.5 Å². The smallest absolute Gasteiger partial charge is 0.156 e. The van der Waals surface area contributed by atoms with Crippen molar-refractivity contribution in [2.45, 2.75) is 38.5 Å². The molecule has 1 saturated carbocycles. The van der Waals surface area contributed by atoms with Crippen LogP contribution in [-0.2, 0) is 0 Å². The molecule has 20 heavy (non-hydrogen) atoms. The third-order valence-electron chi connectivity index (χ3n) is 3.93. The first-order chi connectivity index (χ1) is 9.56. The molecule has 2 rings (SSSR count). The molecule has 1 aromatic rings. The molecule has 0 aliphatic heterocycles. The number of hydrogen-bond donors (Lipinski definition) is 0. The molecule has 0 amide bonds. The second-order valence-corrected chi connectivity index (χ2v) is 7.35. The average Bonchev–Trinajstić information content (AvgIpc) is 2.63. The third kappa shape index (κ3) is 4.19. The van der Waals surface area contributed by atoms with Crippen LogP contribution in [0.5, 0.6) is 5.75 Å². The lowest BCUT2D eigenvalue weighted by atomic mass is 9.83. The Kier molecular flexibility index (Phi) is 6.34. The average molecular weight is 401 g/mol. The normalized spacial score (nSPS) is 18.6. The molecule has 1 aliphatic carbocycles. The zero-order valence-electron chi connectivity index (χ0n) is 11.2. The molecule has 0 radical (unpaired) electrons. The van der Waals surface area contributed by atoms with Crippen LogP contribution in [0.3, 0.4) is 0 Å². The highest BCUT2D eigenvalue weighted by atomic mass is 79.9. The van der Waals surface area contributed by atoms with Crippen LogP contribution in [0.15, 0.2) is 12.1 Å². The van der Waals surface area contributed by atoms with Crippen LogP contribution < -0.4 is 4.74 Å². The molecule has 0 atom stereocenters. The van der Waals surface area contributed by atoms with Crippen molar-refractivity contribution in [1.29, 1.82) is 0 Å². The minimum atomic E-state index is 0.183. The van der Waals surface area contributed by atoms with Gasteiger partial charge >= 0.3 is 0 Å². The number of alkyl halides is 1. The third-order valence-corrected chi connectivity index (χ3v) is 5.90. The van der Waals surface area contributed by atoms with Crippen LogP contribution in [0, 0.1) is 5.41 Å². The monoisotopic (exact) mass is 398 g/mol. The van der Waals surface area contributed by atoms with E-state index in [0.717, 1.165) is 5.33 Å². The molecule has 0 heterocycles. The van der Waals surface area contributed by atoms with E-state index < -0.39 is 0 Å². The molecule has 1 fully saturated rings. The summed E-state index contributed by atoms with van der Waals surface area (Å²) in [7, 11) is 0. The van der Waals surface area contributed by atoms with Gasteiger partial charge in [0.25, 0.3) is 0 Å². The van der Waals surface area contributed by atoms with Gasteiger partial charge in [0, 0.05) is 15.8 Å². The van der Waals surface area contributed by atoms with Gasteiger partial charge in [-0.3, -0.25) is 0 Å². The molecule has 0 bridgehead atoms. The van der Waals surface area contributed by atoms with Gasteiger partial charge in [-0.1, -0.05) is 76.4 Å². The molecule has 112 valence electrons. The number of halogens is 4. The van der Waals surface area contributed by atoms with E-state index in [1.54, 1.807) is 12.1 Å². The van der Waals surface area contributed by atoms with Gasteiger partial charge < -0.3 is 4.74 Å². The summed E-state index contributed by atoms with van der Waals surface area (Å²) < 4.78 is 5.96. The molecule has 0 spiro atoms. The van der Waals surface area contributed by atoms with E-state index >= 15 is 0 Å². The summed E-state index contributed by atoms with van der Waals surface area (Å²) in [5, 5.41) is 2.42. The Morgan fingerprint density at radius 1 is 1.00 bits per heavy atom. The maximum atomic E-state index is 6.17. The minimum Gasteiger partial charge on any atom is -0.490 e. The Hall–Kier alpha value is 0.370. The predicted molar refractivity (Wildman–Crippen MR) is 90.9 cm³/mol. The highest BCUT2D eigenvalue weighted by Gasteiger charge is 2.31. The van der Waals surface area contributed by atoms with E-state index in [2.05, 4.69) is 15.9 Å². The van der Waals surface area contributed by atoms with E-state index in [1.807, 2.05) is 0 Å². The van der Waals surface area contributed by atoms with E-state index in [9.17, 15) is 0 Å². The van der Waals surface area contributed by atoms with Crippen LogP contribution in [0.2, 0.25) is 15.1 Å². The summed E-state index contributed by atoms with van der Waals surface area (Å²) in [5.74, 6) is 0.544. The first-order valence-corrected chi connectivity index (χ1v) is 9.15. The highest BCUT2D eigenvalue weighted by molar-refractivity contribution is 9.09. The Balaban J connectivity index is 2.10. The predicted octanol–water partition coefficient (Wildman–Crippen LogP) is 6.76. The Morgan fingerprint density at radius 2 is 1.55 bits per heavy atom.